The Morgan fingerprint density at radius 3 is 2.69 bits per heavy atom. The number of rotatable bonds is 4. The van der Waals surface area contributed by atoms with Crippen LogP contribution in [-0.2, 0) is 9.53 Å². The number of hydrogen-bond acceptors (Lipinski definition) is 2. The zero-order valence-electron chi connectivity index (χ0n) is 7.95. The van der Waals surface area contributed by atoms with Crippen LogP contribution in [-0.4, -0.2) is 23.8 Å². The minimum absolute atomic E-state index is 0.359. The molecule has 0 aromatic heterocycles. The first kappa shape index (κ1) is 10.3. The number of aliphatic carboxylic acids is 1. The molecule has 0 aromatic carbocycles. The highest BCUT2D eigenvalue weighted by molar-refractivity contribution is 5.85. The lowest BCUT2D eigenvalue weighted by Gasteiger charge is -2.08. The van der Waals surface area contributed by atoms with Crippen molar-refractivity contribution in [3.63, 3.8) is 0 Å². The van der Waals surface area contributed by atoms with Crippen molar-refractivity contribution < 1.29 is 14.6 Å². The average molecular weight is 184 g/mol. The van der Waals surface area contributed by atoms with Gasteiger partial charge in [0.05, 0.1) is 12.7 Å². The highest BCUT2D eigenvalue weighted by atomic mass is 16.5. The van der Waals surface area contributed by atoms with Crippen LogP contribution in [0.5, 0.6) is 0 Å². The lowest BCUT2D eigenvalue weighted by atomic mass is 10.3. The summed E-state index contributed by atoms with van der Waals surface area (Å²) in [6.45, 7) is 2.02. The van der Waals surface area contributed by atoms with Gasteiger partial charge in [0, 0.05) is 5.57 Å². The van der Waals surface area contributed by atoms with Crippen LogP contribution < -0.4 is 0 Å². The maximum absolute atomic E-state index is 10.4. The Labute approximate surface area is 78.4 Å². The number of carbonyl (C=O) groups is 1. The van der Waals surface area contributed by atoms with Crippen molar-refractivity contribution >= 4 is 5.97 Å². The van der Waals surface area contributed by atoms with E-state index in [-0.39, 0.29) is 0 Å². The molecule has 1 aliphatic rings. The van der Waals surface area contributed by atoms with E-state index < -0.39 is 5.97 Å². The predicted molar refractivity (Wildman–Crippen MR) is 49.6 cm³/mol. The summed E-state index contributed by atoms with van der Waals surface area (Å²) in [4.78, 5) is 10.4. The maximum Gasteiger partial charge on any atom is 0.331 e. The second kappa shape index (κ2) is 5.02. The molecule has 1 aliphatic carbocycles. The van der Waals surface area contributed by atoms with Crippen LogP contribution in [0.15, 0.2) is 11.6 Å². The van der Waals surface area contributed by atoms with Gasteiger partial charge in [-0.15, -0.1) is 0 Å². The second-order valence-electron chi connectivity index (χ2n) is 3.43. The van der Waals surface area contributed by atoms with E-state index in [0.29, 0.717) is 18.3 Å². The molecule has 0 bridgehead atoms. The summed E-state index contributed by atoms with van der Waals surface area (Å²) in [5, 5.41) is 8.55. The summed E-state index contributed by atoms with van der Waals surface area (Å²) >= 11 is 0. The van der Waals surface area contributed by atoms with Gasteiger partial charge in [-0.05, 0) is 25.8 Å². The molecule has 3 heteroatoms. The molecule has 1 fully saturated rings. The van der Waals surface area contributed by atoms with E-state index in [0.717, 1.165) is 12.8 Å². The fourth-order valence-electron chi connectivity index (χ4n) is 1.45. The molecule has 0 unspecified atom stereocenters. The van der Waals surface area contributed by atoms with E-state index >= 15 is 0 Å². The van der Waals surface area contributed by atoms with Crippen molar-refractivity contribution in [3.05, 3.63) is 11.6 Å². The SMILES string of the molecule is CC(=CCOC1CCCC1)C(=O)O. The topological polar surface area (TPSA) is 46.5 Å². The van der Waals surface area contributed by atoms with Crippen molar-refractivity contribution in [3.8, 4) is 0 Å². The first-order chi connectivity index (χ1) is 6.20. The van der Waals surface area contributed by atoms with Crippen LogP contribution in [0, 0.1) is 0 Å². The molecule has 0 saturated heterocycles. The summed E-state index contributed by atoms with van der Waals surface area (Å²) < 4.78 is 5.48. The van der Waals surface area contributed by atoms with Crippen LogP contribution in [0.2, 0.25) is 0 Å². The smallest absolute Gasteiger partial charge is 0.331 e. The summed E-state index contributed by atoms with van der Waals surface area (Å²) in [7, 11) is 0. The van der Waals surface area contributed by atoms with Gasteiger partial charge < -0.3 is 9.84 Å². The van der Waals surface area contributed by atoms with Gasteiger partial charge in [-0.25, -0.2) is 4.79 Å². The lowest BCUT2D eigenvalue weighted by Crippen LogP contribution is -2.08. The van der Waals surface area contributed by atoms with E-state index in [2.05, 4.69) is 0 Å². The number of carboxylic acid groups (broad SMARTS) is 1. The zero-order valence-corrected chi connectivity index (χ0v) is 7.95. The van der Waals surface area contributed by atoms with Gasteiger partial charge in [-0.2, -0.15) is 0 Å². The van der Waals surface area contributed by atoms with Gasteiger partial charge in [0.15, 0.2) is 0 Å². The molecule has 74 valence electrons. The predicted octanol–water partition coefficient (Wildman–Crippen LogP) is 1.98. The zero-order chi connectivity index (χ0) is 9.68. The van der Waals surface area contributed by atoms with Crippen LogP contribution in [0.3, 0.4) is 0 Å². The Balaban J connectivity index is 2.18. The van der Waals surface area contributed by atoms with Crippen LogP contribution >= 0.6 is 0 Å². The summed E-state index contributed by atoms with van der Waals surface area (Å²) in [6.07, 6.45) is 6.72. The van der Waals surface area contributed by atoms with Gasteiger partial charge in [0.25, 0.3) is 0 Å². The Morgan fingerprint density at radius 1 is 1.54 bits per heavy atom. The molecule has 0 heterocycles. The normalized spacial score (nSPS) is 19.3. The highest BCUT2D eigenvalue weighted by Gasteiger charge is 2.14. The van der Waals surface area contributed by atoms with Gasteiger partial charge in [0.2, 0.25) is 0 Å². The van der Waals surface area contributed by atoms with Gasteiger partial charge in [0.1, 0.15) is 0 Å². The van der Waals surface area contributed by atoms with E-state index in [1.54, 1.807) is 13.0 Å². The van der Waals surface area contributed by atoms with E-state index in [1.165, 1.54) is 12.8 Å². The quantitative estimate of drug-likeness (QED) is 0.679. The third-order valence-electron chi connectivity index (χ3n) is 2.36. The molecule has 0 spiro atoms. The van der Waals surface area contributed by atoms with Crippen molar-refractivity contribution in [2.45, 2.75) is 38.7 Å². The maximum atomic E-state index is 10.4. The standard InChI is InChI=1S/C10H16O3/c1-8(10(11)12)6-7-13-9-4-2-3-5-9/h6,9H,2-5,7H2,1H3,(H,11,12). The molecule has 0 atom stereocenters. The monoisotopic (exact) mass is 184 g/mol. The third-order valence-corrected chi connectivity index (χ3v) is 2.36. The molecule has 1 saturated carbocycles. The van der Waals surface area contributed by atoms with Crippen LogP contribution in [0.25, 0.3) is 0 Å². The first-order valence-electron chi connectivity index (χ1n) is 4.72. The molecule has 3 nitrogen and oxygen atoms in total. The van der Waals surface area contributed by atoms with E-state index in [9.17, 15) is 4.79 Å². The summed E-state index contributed by atoms with van der Waals surface area (Å²) in [6, 6.07) is 0. The number of hydrogen-bond donors (Lipinski definition) is 1. The van der Waals surface area contributed by atoms with E-state index in [1.807, 2.05) is 0 Å². The molecule has 0 amide bonds. The molecule has 0 radical (unpaired) electrons. The van der Waals surface area contributed by atoms with E-state index in [4.69, 9.17) is 9.84 Å². The molecule has 13 heavy (non-hydrogen) atoms. The van der Waals surface area contributed by atoms with Gasteiger partial charge >= 0.3 is 5.97 Å². The molecule has 0 aromatic rings. The van der Waals surface area contributed by atoms with Crippen molar-refractivity contribution in [2.75, 3.05) is 6.61 Å². The fraction of sp³-hybridized carbons (Fsp3) is 0.700. The molecular formula is C10H16O3. The minimum Gasteiger partial charge on any atom is -0.478 e. The van der Waals surface area contributed by atoms with Crippen LogP contribution in [0.1, 0.15) is 32.6 Å². The fourth-order valence-corrected chi connectivity index (χ4v) is 1.45. The Hall–Kier alpha value is -0.830. The molecule has 1 N–H and O–H groups in total. The molecular weight excluding hydrogens is 168 g/mol. The van der Waals surface area contributed by atoms with Crippen molar-refractivity contribution in [2.24, 2.45) is 0 Å². The van der Waals surface area contributed by atoms with Crippen molar-refractivity contribution in [1.82, 2.24) is 0 Å². The Kier molecular flexibility index (Phi) is 3.96. The molecule has 0 aliphatic heterocycles. The second-order valence-corrected chi connectivity index (χ2v) is 3.43. The third kappa shape index (κ3) is 3.59. The Morgan fingerprint density at radius 2 is 2.15 bits per heavy atom. The highest BCUT2D eigenvalue weighted by Crippen LogP contribution is 2.20. The lowest BCUT2D eigenvalue weighted by molar-refractivity contribution is -0.132. The summed E-state index contributed by atoms with van der Waals surface area (Å²) in [5.74, 6) is -0.866. The van der Waals surface area contributed by atoms with Crippen molar-refractivity contribution in [1.29, 1.82) is 0 Å². The Bertz CT molecular complexity index is 202. The van der Waals surface area contributed by atoms with Gasteiger partial charge in [-0.1, -0.05) is 12.8 Å². The largest absolute Gasteiger partial charge is 0.478 e. The number of ether oxygens (including phenoxy) is 1. The average Bonchev–Trinajstić information content (AvgIpc) is 2.56. The van der Waals surface area contributed by atoms with Crippen LogP contribution in [0.4, 0.5) is 0 Å². The molecule has 1 rings (SSSR count). The summed E-state index contributed by atoms with van der Waals surface area (Å²) in [5.41, 5.74) is 0.359. The number of carboxylic acids is 1. The first-order valence-corrected chi connectivity index (χ1v) is 4.72. The van der Waals surface area contributed by atoms with Gasteiger partial charge in [-0.3, -0.25) is 0 Å². The minimum atomic E-state index is -0.866.